The van der Waals surface area contributed by atoms with Gasteiger partial charge in [0.05, 0.1) is 5.57 Å². The summed E-state index contributed by atoms with van der Waals surface area (Å²) in [5.41, 5.74) is -0.901. The normalized spacial score (nSPS) is 21.9. The molecule has 0 bridgehead atoms. The minimum Gasteiger partial charge on any atom is -0.478 e. The number of allylic oxidation sites excluding steroid dienone is 1. The van der Waals surface area contributed by atoms with Crippen LogP contribution in [0, 0.1) is 5.82 Å². The summed E-state index contributed by atoms with van der Waals surface area (Å²) in [6, 6.07) is 5.97. The van der Waals surface area contributed by atoms with Gasteiger partial charge in [0.2, 0.25) is 0 Å². The second-order valence-corrected chi connectivity index (χ2v) is 4.95. The van der Waals surface area contributed by atoms with Crippen LogP contribution in [0.3, 0.4) is 0 Å². The molecule has 1 aromatic carbocycles. The van der Waals surface area contributed by atoms with Gasteiger partial charge in [-0.1, -0.05) is 31.2 Å². The highest BCUT2D eigenvalue weighted by Crippen LogP contribution is 2.38. The van der Waals surface area contributed by atoms with Gasteiger partial charge in [-0.05, 0) is 24.1 Å². The Hall–Kier alpha value is -2.43. The number of benzene rings is 1. The van der Waals surface area contributed by atoms with E-state index in [-0.39, 0.29) is 23.1 Å². The van der Waals surface area contributed by atoms with Crippen molar-refractivity contribution in [2.75, 3.05) is 0 Å². The highest BCUT2D eigenvalue weighted by Gasteiger charge is 2.34. The Kier molecular flexibility index (Phi) is 3.44. The molecular weight excluding hydrogens is 263 g/mol. The predicted octanol–water partition coefficient (Wildman–Crippen LogP) is 2.51. The number of carboxylic acids is 2. The first kappa shape index (κ1) is 14.0. The summed E-state index contributed by atoms with van der Waals surface area (Å²) in [7, 11) is 0. The lowest BCUT2D eigenvalue weighted by Gasteiger charge is -2.30. The fourth-order valence-electron chi connectivity index (χ4n) is 2.43. The third-order valence-corrected chi connectivity index (χ3v) is 3.37. The minimum absolute atomic E-state index is 0.0417. The molecule has 0 fully saturated rings. The van der Waals surface area contributed by atoms with Crippen molar-refractivity contribution in [2.45, 2.75) is 18.8 Å². The van der Waals surface area contributed by atoms with Gasteiger partial charge < -0.3 is 10.2 Å². The van der Waals surface area contributed by atoms with Crippen molar-refractivity contribution in [1.82, 2.24) is 0 Å². The van der Waals surface area contributed by atoms with Crippen LogP contribution in [0.15, 0.2) is 47.6 Å². The maximum Gasteiger partial charge on any atom is 0.335 e. The molecule has 4 nitrogen and oxygen atoms in total. The Morgan fingerprint density at radius 1 is 1.20 bits per heavy atom. The van der Waals surface area contributed by atoms with Crippen molar-refractivity contribution >= 4 is 11.9 Å². The quantitative estimate of drug-likeness (QED) is 0.889. The predicted molar refractivity (Wildman–Crippen MR) is 69.8 cm³/mol. The Morgan fingerprint density at radius 3 is 2.40 bits per heavy atom. The molecule has 20 heavy (non-hydrogen) atoms. The lowest BCUT2D eigenvalue weighted by atomic mass is 9.72. The number of hydrogen-bond donors (Lipinski definition) is 2. The number of rotatable bonds is 3. The average molecular weight is 276 g/mol. The number of halogens is 1. The van der Waals surface area contributed by atoms with E-state index >= 15 is 0 Å². The van der Waals surface area contributed by atoms with E-state index in [1.54, 1.807) is 13.0 Å². The molecule has 0 aliphatic heterocycles. The average Bonchev–Trinajstić information content (AvgIpc) is 2.38. The molecule has 0 amide bonds. The largest absolute Gasteiger partial charge is 0.478 e. The van der Waals surface area contributed by atoms with Crippen molar-refractivity contribution in [3.63, 3.8) is 0 Å². The monoisotopic (exact) mass is 276 g/mol. The van der Waals surface area contributed by atoms with Crippen molar-refractivity contribution in [3.05, 3.63) is 58.9 Å². The van der Waals surface area contributed by atoms with Crippen LogP contribution >= 0.6 is 0 Å². The van der Waals surface area contributed by atoms with Gasteiger partial charge in [-0.15, -0.1) is 0 Å². The molecule has 0 unspecified atom stereocenters. The summed E-state index contributed by atoms with van der Waals surface area (Å²) in [4.78, 5) is 22.3. The summed E-state index contributed by atoms with van der Waals surface area (Å²) in [5.74, 6) is -2.91. The summed E-state index contributed by atoms with van der Waals surface area (Å²) in [5, 5.41) is 18.2. The zero-order valence-corrected chi connectivity index (χ0v) is 10.8. The second-order valence-electron chi connectivity index (χ2n) is 4.95. The molecule has 0 saturated heterocycles. The molecule has 0 radical (unpaired) electrons. The molecule has 1 aliphatic carbocycles. The van der Waals surface area contributed by atoms with Gasteiger partial charge in [-0.25, -0.2) is 14.0 Å². The molecule has 0 aromatic heterocycles. The molecule has 0 saturated carbocycles. The fourth-order valence-corrected chi connectivity index (χ4v) is 2.43. The van der Waals surface area contributed by atoms with Gasteiger partial charge in [0, 0.05) is 11.0 Å². The van der Waals surface area contributed by atoms with Crippen molar-refractivity contribution in [1.29, 1.82) is 0 Å². The topological polar surface area (TPSA) is 74.6 Å². The van der Waals surface area contributed by atoms with Gasteiger partial charge in [-0.3, -0.25) is 0 Å². The first-order chi connectivity index (χ1) is 9.33. The molecular formula is C15H13FO4. The smallest absolute Gasteiger partial charge is 0.335 e. The second kappa shape index (κ2) is 4.92. The van der Waals surface area contributed by atoms with E-state index in [1.807, 2.05) is 0 Å². The van der Waals surface area contributed by atoms with Crippen LogP contribution in [0.4, 0.5) is 4.39 Å². The number of aliphatic carboxylic acids is 2. The zero-order valence-electron chi connectivity index (χ0n) is 10.8. The fraction of sp³-hybridized carbons (Fsp3) is 0.200. The number of hydrogen-bond acceptors (Lipinski definition) is 2. The lowest BCUT2D eigenvalue weighted by Crippen LogP contribution is -2.28. The molecule has 5 heteroatoms. The molecule has 1 atom stereocenters. The van der Waals surface area contributed by atoms with E-state index < -0.39 is 23.2 Å². The standard InChI is InChI=1S/C15H13FO4/c1-15(11-4-2-3-5-12(11)16)7-9(13(17)18)6-10(8-15)14(19)20/h2-7H,8H2,1H3,(H,17,18)(H,19,20)/t15-/m0/s1. The summed E-state index contributed by atoms with van der Waals surface area (Å²) in [6.45, 7) is 1.63. The maximum absolute atomic E-state index is 13.9. The summed E-state index contributed by atoms with van der Waals surface area (Å²) >= 11 is 0. The zero-order chi connectivity index (χ0) is 14.9. The molecule has 0 spiro atoms. The summed E-state index contributed by atoms with van der Waals surface area (Å²) < 4.78 is 13.9. The van der Waals surface area contributed by atoms with Crippen LogP contribution in [0.25, 0.3) is 0 Å². The van der Waals surface area contributed by atoms with Crippen LogP contribution in [0.5, 0.6) is 0 Å². The molecule has 104 valence electrons. The number of carbonyl (C=O) groups is 2. The van der Waals surface area contributed by atoms with E-state index in [1.165, 1.54) is 24.3 Å². The maximum atomic E-state index is 13.9. The number of carboxylic acid groups (broad SMARTS) is 2. The highest BCUT2D eigenvalue weighted by atomic mass is 19.1. The van der Waals surface area contributed by atoms with Gasteiger partial charge in [0.15, 0.2) is 0 Å². The lowest BCUT2D eigenvalue weighted by molar-refractivity contribution is -0.133. The third kappa shape index (κ3) is 2.47. The molecule has 2 N–H and O–H groups in total. The Balaban J connectivity index is 2.57. The van der Waals surface area contributed by atoms with Gasteiger partial charge >= 0.3 is 11.9 Å². The Labute approximate surface area is 114 Å². The molecule has 0 heterocycles. The van der Waals surface area contributed by atoms with Gasteiger partial charge in [0.1, 0.15) is 5.82 Å². The molecule has 1 aliphatic rings. The van der Waals surface area contributed by atoms with Crippen LogP contribution in [-0.2, 0) is 15.0 Å². The van der Waals surface area contributed by atoms with Gasteiger partial charge in [0.25, 0.3) is 0 Å². The van der Waals surface area contributed by atoms with Crippen molar-refractivity contribution < 1.29 is 24.2 Å². The van der Waals surface area contributed by atoms with Gasteiger partial charge in [-0.2, -0.15) is 0 Å². The van der Waals surface area contributed by atoms with E-state index in [2.05, 4.69) is 0 Å². The van der Waals surface area contributed by atoms with E-state index in [9.17, 15) is 14.0 Å². The molecule has 1 aromatic rings. The van der Waals surface area contributed by atoms with Crippen molar-refractivity contribution in [3.8, 4) is 0 Å². The third-order valence-electron chi connectivity index (χ3n) is 3.37. The summed E-state index contributed by atoms with van der Waals surface area (Å²) in [6.07, 6.45) is 2.56. The minimum atomic E-state index is -1.23. The van der Waals surface area contributed by atoms with E-state index in [0.717, 1.165) is 6.08 Å². The van der Waals surface area contributed by atoms with Crippen LogP contribution in [0.1, 0.15) is 18.9 Å². The SMILES string of the molecule is C[C@]1(c2ccccc2F)C=C(C(=O)O)C=C(C(=O)O)C1. The van der Waals surface area contributed by atoms with E-state index in [4.69, 9.17) is 10.2 Å². The van der Waals surface area contributed by atoms with Crippen molar-refractivity contribution in [2.24, 2.45) is 0 Å². The van der Waals surface area contributed by atoms with Crippen LogP contribution in [-0.4, -0.2) is 22.2 Å². The van der Waals surface area contributed by atoms with E-state index in [0.29, 0.717) is 0 Å². The first-order valence-electron chi connectivity index (χ1n) is 5.98. The van der Waals surface area contributed by atoms with Crippen LogP contribution < -0.4 is 0 Å². The van der Waals surface area contributed by atoms with Crippen LogP contribution in [0.2, 0.25) is 0 Å². The Morgan fingerprint density at radius 2 is 1.85 bits per heavy atom. The Bertz CT molecular complexity index is 645. The molecule has 2 rings (SSSR count). The highest BCUT2D eigenvalue weighted by molar-refractivity contribution is 5.96. The first-order valence-corrected chi connectivity index (χ1v) is 5.98.